The van der Waals surface area contributed by atoms with Crippen molar-refractivity contribution < 1.29 is 49.8 Å². The Hall–Kier alpha value is -1.81. The van der Waals surface area contributed by atoms with Gasteiger partial charge in [0.05, 0.1) is 5.41 Å². The summed E-state index contributed by atoms with van der Waals surface area (Å²) < 4.78 is 100.0. The van der Waals surface area contributed by atoms with E-state index in [2.05, 4.69) is 11.3 Å². The Morgan fingerprint density at radius 2 is 1.53 bits per heavy atom. The minimum Gasteiger partial charge on any atom is -0.459 e. The first-order chi connectivity index (χ1) is 13.5. The van der Waals surface area contributed by atoms with Crippen LogP contribution in [-0.4, -0.2) is 42.2 Å². The summed E-state index contributed by atoms with van der Waals surface area (Å²) in [7, 11) is 0. The van der Waals surface area contributed by atoms with Crippen LogP contribution in [0.1, 0.15) is 45.4 Å². The Bertz CT molecular complexity index is 744. The lowest BCUT2D eigenvalue weighted by Gasteiger charge is -2.59. The van der Waals surface area contributed by atoms with Crippen molar-refractivity contribution in [2.75, 3.05) is 6.61 Å². The van der Waals surface area contributed by atoms with E-state index in [1.54, 1.807) is 0 Å². The number of carbonyl (C=O) groups excluding carboxylic acids is 2. The van der Waals surface area contributed by atoms with Crippen LogP contribution in [0, 0.1) is 17.3 Å². The molecular formula is C19H21F7O4. The van der Waals surface area contributed by atoms with Gasteiger partial charge in [-0.1, -0.05) is 6.58 Å². The fourth-order valence-electron chi connectivity index (χ4n) is 5.43. The second-order valence-electron chi connectivity index (χ2n) is 8.95. The molecule has 11 heteroatoms. The average molecular weight is 446 g/mol. The molecule has 0 heterocycles. The van der Waals surface area contributed by atoms with Crippen LogP contribution in [-0.2, 0) is 19.1 Å². The van der Waals surface area contributed by atoms with Gasteiger partial charge < -0.3 is 9.47 Å². The Kier molecular flexibility index (Phi) is 5.22. The molecule has 4 nitrogen and oxygen atoms in total. The van der Waals surface area contributed by atoms with Crippen molar-refractivity contribution in [2.45, 2.75) is 69.1 Å². The third-order valence-corrected chi connectivity index (χ3v) is 6.30. The summed E-state index contributed by atoms with van der Waals surface area (Å²) in [6.45, 7) is 2.54. The molecule has 4 bridgehead atoms. The molecule has 0 spiro atoms. The van der Waals surface area contributed by atoms with Crippen LogP contribution in [0.15, 0.2) is 12.2 Å². The van der Waals surface area contributed by atoms with E-state index in [0.29, 0.717) is 12.8 Å². The van der Waals surface area contributed by atoms with Gasteiger partial charge in [-0.05, 0) is 50.9 Å². The van der Waals surface area contributed by atoms with Crippen LogP contribution < -0.4 is 0 Å². The topological polar surface area (TPSA) is 52.6 Å². The van der Waals surface area contributed by atoms with Crippen molar-refractivity contribution in [1.29, 1.82) is 0 Å². The summed E-state index contributed by atoms with van der Waals surface area (Å²) in [5, 5.41) is 0. The van der Waals surface area contributed by atoms with Crippen LogP contribution in [0.2, 0.25) is 0 Å². The molecule has 4 aliphatic rings. The minimum atomic E-state index is -6.50. The number of carbonyl (C=O) groups is 2. The summed E-state index contributed by atoms with van der Waals surface area (Å²) in [4.78, 5) is 24.7. The third-order valence-electron chi connectivity index (χ3n) is 6.30. The Morgan fingerprint density at radius 3 is 2.00 bits per heavy atom. The Labute approximate surface area is 167 Å². The maximum absolute atomic E-state index is 13.5. The number of hydrogen-bond donors (Lipinski definition) is 0. The zero-order valence-electron chi connectivity index (χ0n) is 16.1. The molecule has 0 saturated heterocycles. The normalized spacial score (nSPS) is 33.3. The zero-order chi connectivity index (χ0) is 22.8. The Balaban J connectivity index is 1.76. The van der Waals surface area contributed by atoms with Gasteiger partial charge in [-0.15, -0.1) is 0 Å². The highest BCUT2D eigenvalue weighted by Crippen LogP contribution is 2.63. The predicted octanol–water partition coefficient (Wildman–Crippen LogP) is 4.82. The standard InChI is InChI=1S/C19H21F7O4/c1-10(2)13(27)30-16-6-11-3-12(7-16)5-15(4-11,8-16)14(28)29-9-17(20,21)18(22,23)19(24,25)26/h11-12H,1,3-9H2,2H3. The smallest absolute Gasteiger partial charge is 0.459 e. The van der Waals surface area contributed by atoms with Crippen molar-refractivity contribution in [3.63, 3.8) is 0 Å². The van der Waals surface area contributed by atoms with Gasteiger partial charge in [-0.2, -0.15) is 30.7 Å². The number of alkyl halides is 7. The van der Waals surface area contributed by atoms with Gasteiger partial charge in [-0.25, -0.2) is 4.79 Å². The third kappa shape index (κ3) is 3.68. The molecule has 2 unspecified atom stereocenters. The van der Waals surface area contributed by atoms with Gasteiger partial charge in [0, 0.05) is 12.0 Å². The predicted molar refractivity (Wildman–Crippen MR) is 87.7 cm³/mol. The van der Waals surface area contributed by atoms with Crippen molar-refractivity contribution in [1.82, 2.24) is 0 Å². The van der Waals surface area contributed by atoms with Crippen LogP contribution in [0.5, 0.6) is 0 Å². The van der Waals surface area contributed by atoms with Crippen LogP contribution in [0.4, 0.5) is 30.7 Å². The highest BCUT2D eigenvalue weighted by molar-refractivity contribution is 5.87. The summed E-state index contributed by atoms with van der Waals surface area (Å²) in [6.07, 6.45) is -4.47. The Morgan fingerprint density at radius 1 is 1.00 bits per heavy atom. The van der Waals surface area contributed by atoms with Gasteiger partial charge in [0.2, 0.25) is 0 Å². The van der Waals surface area contributed by atoms with Crippen molar-refractivity contribution in [3.05, 3.63) is 12.2 Å². The zero-order valence-corrected chi connectivity index (χ0v) is 16.1. The second-order valence-corrected chi connectivity index (χ2v) is 8.95. The SMILES string of the molecule is C=C(C)C(=O)OC12CC3CC(C1)CC(C(=O)OCC(F)(F)C(F)(F)C(F)(F)F)(C3)C2. The minimum absolute atomic E-state index is 0.0495. The van der Waals surface area contributed by atoms with Gasteiger partial charge in [0.15, 0.2) is 6.61 Å². The van der Waals surface area contributed by atoms with Gasteiger partial charge in [0.1, 0.15) is 5.60 Å². The maximum Gasteiger partial charge on any atom is 0.460 e. The van der Waals surface area contributed by atoms with Crippen LogP contribution >= 0.6 is 0 Å². The fourth-order valence-corrected chi connectivity index (χ4v) is 5.43. The van der Waals surface area contributed by atoms with Gasteiger partial charge >= 0.3 is 30.0 Å². The molecular weight excluding hydrogens is 425 g/mol. The highest BCUT2D eigenvalue weighted by Gasteiger charge is 2.73. The van der Waals surface area contributed by atoms with E-state index in [0.717, 1.165) is 6.42 Å². The second kappa shape index (κ2) is 6.85. The molecule has 0 N–H and O–H groups in total. The van der Waals surface area contributed by atoms with E-state index in [1.165, 1.54) is 6.92 Å². The first-order valence-corrected chi connectivity index (χ1v) is 9.41. The van der Waals surface area contributed by atoms with Crippen molar-refractivity contribution in [3.8, 4) is 0 Å². The monoisotopic (exact) mass is 446 g/mol. The quantitative estimate of drug-likeness (QED) is 0.334. The van der Waals surface area contributed by atoms with Crippen molar-refractivity contribution >= 4 is 11.9 Å². The summed E-state index contributed by atoms with van der Waals surface area (Å²) in [5.74, 6) is -14.0. The molecule has 0 amide bonds. The van der Waals surface area contributed by atoms with E-state index in [4.69, 9.17) is 4.74 Å². The molecule has 0 aromatic rings. The summed E-state index contributed by atoms with van der Waals surface area (Å²) >= 11 is 0. The number of halogens is 7. The highest BCUT2D eigenvalue weighted by atomic mass is 19.4. The van der Waals surface area contributed by atoms with Crippen LogP contribution in [0.3, 0.4) is 0 Å². The molecule has 4 rings (SSSR count). The van der Waals surface area contributed by atoms with E-state index >= 15 is 0 Å². The number of ether oxygens (including phenoxy) is 2. The van der Waals surface area contributed by atoms with E-state index in [9.17, 15) is 40.3 Å². The largest absolute Gasteiger partial charge is 0.460 e. The lowest BCUT2D eigenvalue weighted by Crippen LogP contribution is -2.60. The molecule has 170 valence electrons. The summed E-state index contributed by atoms with van der Waals surface area (Å²) in [5.41, 5.74) is -2.25. The molecule has 4 aliphatic carbocycles. The number of esters is 2. The molecule has 0 aromatic heterocycles. The first-order valence-electron chi connectivity index (χ1n) is 9.41. The molecule has 4 fully saturated rings. The van der Waals surface area contributed by atoms with E-state index in [-0.39, 0.29) is 36.7 Å². The van der Waals surface area contributed by atoms with E-state index < -0.39 is 47.6 Å². The molecule has 0 aliphatic heterocycles. The summed E-state index contributed by atoms with van der Waals surface area (Å²) in [6, 6.07) is 0. The fraction of sp³-hybridized carbons (Fsp3) is 0.789. The molecule has 0 aromatic carbocycles. The lowest BCUT2D eigenvalue weighted by molar-refractivity contribution is -0.360. The molecule has 0 radical (unpaired) electrons. The van der Waals surface area contributed by atoms with Crippen LogP contribution in [0.25, 0.3) is 0 Å². The lowest BCUT2D eigenvalue weighted by atomic mass is 9.48. The molecule has 2 atom stereocenters. The molecule has 4 saturated carbocycles. The first kappa shape index (κ1) is 22.9. The molecule has 30 heavy (non-hydrogen) atoms. The van der Waals surface area contributed by atoms with E-state index in [1.807, 2.05) is 0 Å². The van der Waals surface area contributed by atoms with Crippen molar-refractivity contribution in [2.24, 2.45) is 17.3 Å². The number of hydrogen-bond acceptors (Lipinski definition) is 4. The van der Waals surface area contributed by atoms with Gasteiger partial charge in [0.25, 0.3) is 0 Å². The average Bonchev–Trinajstić information content (AvgIpc) is 2.56. The number of rotatable bonds is 6. The van der Waals surface area contributed by atoms with Gasteiger partial charge in [-0.3, -0.25) is 4.79 Å². The maximum atomic E-state index is 13.5.